The fourth-order valence-electron chi connectivity index (χ4n) is 2.58. The number of aliphatic hydroxyl groups excluding tert-OH is 2. The van der Waals surface area contributed by atoms with Gasteiger partial charge in [0.25, 0.3) is 0 Å². The predicted molar refractivity (Wildman–Crippen MR) is 112 cm³/mol. The molecule has 0 aromatic carbocycles. The number of nitrogens with one attached hydrogen (secondary N) is 3. The Morgan fingerprint density at radius 1 is 0.906 bits per heavy atom. The van der Waals surface area contributed by atoms with E-state index in [2.05, 4.69) is 10.6 Å². The molecule has 0 aliphatic rings. The SMILES string of the molecule is CC(O)C(NC(=O)C(CCCCN)NC(=O)C(N)CCC(N)=O)C(=O)NC(CO)C(=O)O. The number of carboxylic acids is 1. The molecule has 12 N–H and O–H groups in total. The van der Waals surface area contributed by atoms with Crippen molar-refractivity contribution in [1.82, 2.24) is 16.0 Å². The molecule has 0 bridgehead atoms. The zero-order chi connectivity index (χ0) is 24.8. The van der Waals surface area contributed by atoms with Gasteiger partial charge in [-0.15, -0.1) is 0 Å². The minimum absolute atomic E-state index is 0.0330. The minimum Gasteiger partial charge on any atom is -0.480 e. The summed E-state index contributed by atoms with van der Waals surface area (Å²) in [4.78, 5) is 59.2. The van der Waals surface area contributed by atoms with Crippen molar-refractivity contribution in [2.24, 2.45) is 17.2 Å². The van der Waals surface area contributed by atoms with Crippen LogP contribution in [0.4, 0.5) is 0 Å². The second-order valence-corrected chi connectivity index (χ2v) is 7.27. The number of nitrogens with two attached hydrogens (primary N) is 3. The number of primary amides is 1. The lowest BCUT2D eigenvalue weighted by atomic mass is 10.0. The maximum Gasteiger partial charge on any atom is 0.328 e. The predicted octanol–water partition coefficient (Wildman–Crippen LogP) is -4.38. The zero-order valence-corrected chi connectivity index (χ0v) is 18.0. The molecule has 0 spiro atoms. The van der Waals surface area contributed by atoms with Crippen molar-refractivity contribution >= 4 is 29.6 Å². The second-order valence-electron chi connectivity index (χ2n) is 7.27. The van der Waals surface area contributed by atoms with Crippen LogP contribution in [0.1, 0.15) is 39.0 Å². The molecular weight excluding hydrogens is 428 g/mol. The van der Waals surface area contributed by atoms with Crippen LogP contribution < -0.4 is 33.2 Å². The number of carbonyl (C=O) groups is 5. The van der Waals surface area contributed by atoms with E-state index in [-0.39, 0.29) is 19.3 Å². The molecule has 0 aromatic heterocycles. The number of rotatable bonds is 16. The van der Waals surface area contributed by atoms with E-state index in [1.165, 1.54) is 6.92 Å². The molecule has 32 heavy (non-hydrogen) atoms. The van der Waals surface area contributed by atoms with E-state index in [1.807, 2.05) is 5.32 Å². The van der Waals surface area contributed by atoms with Gasteiger partial charge >= 0.3 is 5.97 Å². The topological polar surface area (TPSA) is 260 Å². The van der Waals surface area contributed by atoms with Crippen molar-refractivity contribution in [3.63, 3.8) is 0 Å². The lowest BCUT2D eigenvalue weighted by Gasteiger charge is -2.26. The van der Waals surface area contributed by atoms with Crippen molar-refractivity contribution in [2.45, 2.75) is 69.3 Å². The number of aliphatic carboxylic acids is 1. The third-order valence-corrected chi connectivity index (χ3v) is 4.48. The molecule has 4 amide bonds. The molecule has 0 aromatic rings. The van der Waals surface area contributed by atoms with Crippen molar-refractivity contribution in [3.8, 4) is 0 Å². The first-order valence-corrected chi connectivity index (χ1v) is 10.1. The number of carbonyl (C=O) groups excluding carboxylic acids is 4. The second kappa shape index (κ2) is 15.1. The maximum absolute atomic E-state index is 12.7. The number of amides is 4. The molecule has 0 saturated carbocycles. The molecule has 0 saturated heterocycles. The van der Waals surface area contributed by atoms with Gasteiger partial charge in [-0.2, -0.15) is 0 Å². The van der Waals surface area contributed by atoms with Crippen LogP contribution in [0.5, 0.6) is 0 Å². The fourth-order valence-corrected chi connectivity index (χ4v) is 2.58. The van der Waals surface area contributed by atoms with Gasteiger partial charge in [-0.1, -0.05) is 0 Å². The van der Waals surface area contributed by atoms with Gasteiger partial charge in [0.1, 0.15) is 18.1 Å². The summed E-state index contributed by atoms with van der Waals surface area (Å²) in [6.45, 7) is 0.639. The Bertz CT molecular complexity index is 659. The Morgan fingerprint density at radius 2 is 1.50 bits per heavy atom. The Balaban J connectivity index is 5.32. The molecule has 14 nitrogen and oxygen atoms in total. The van der Waals surface area contributed by atoms with E-state index in [4.69, 9.17) is 27.4 Å². The number of unbranched alkanes of at least 4 members (excludes halogenated alkanes) is 1. The van der Waals surface area contributed by atoms with Crippen LogP contribution in [-0.2, 0) is 24.0 Å². The third-order valence-electron chi connectivity index (χ3n) is 4.48. The Hall–Kier alpha value is -2.81. The van der Waals surface area contributed by atoms with Crippen LogP contribution in [-0.4, -0.2) is 88.3 Å². The summed E-state index contributed by atoms with van der Waals surface area (Å²) in [6.07, 6.45) is -0.453. The van der Waals surface area contributed by atoms with Crippen LogP contribution in [0.25, 0.3) is 0 Å². The highest BCUT2D eigenvalue weighted by Gasteiger charge is 2.32. The lowest BCUT2D eigenvalue weighted by molar-refractivity contribution is -0.144. The Kier molecular flexibility index (Phi) is 13.7. The van der Waals surface area contributed by atoms with Crippen LogP contribution in [0, 0.1) is 0 Å². The van der Waals surface area contributed by atoms with Gasteiger partial charge in [0.2, 0.25) is 23.6 Å². The normalized spacial score (nSPS) is 15.5. The van der Waals surface area contributed by atoms with Crippen LogP contribution in [0.3, 0.4) is 0 Å². The molecule has 184 valence electrons. The molecule has 0 rings (SSSR count). The van der Waals surface area contributed by atoms with Gasteiger partial charge < -0.3 is 48.5 Å². The van der Waals surface area contributed by atoms with Crippen molar-refractivity contribution < 1.29 is 39.3 Å². The number of carboxylic acid groups (broad SMARTS) is 1. The molecule has 0 heterocycles. The maximum atomic E-state index is 12.7. The number of hydrogen-bond acceptors (Lipinski definition) is 9. The van der Waals surface area contributed by atoms with E-state index in [9.17, 15) is 29.1 Å². The summed E-state index contributed by atoms with van der Waals surface area (Å²) < 4.78 is 0. The van der Waals surface area contributed by atoms with Crippen LogP contribution in [0.2, 0.25) is 0 Å². The van der Waals surface area contributed by atoms with Gasteiger partial charge in [0.15, 0.2) is 0 Å². The smallest absolute Gasteiger partial charge is 0.328 e. The summed E-state index contributed by atoms with van der Waals surface area (Å²) in [7, 11) is 0. The molecule has 0 aliphatic heterocycles. The molecule has 0 fully saturated rings. The molecule has 0 aliphatic carbocycles. The molecule has 14 heteroatoms. The number of hydrogen-bond donors (Lipinski definition) is 9. The first-order chi connectivity index (χ1) is 14.9. The van der Waals surface area contributed by atoms with Crippen LogP contribution >= 0.6 is 0 Å². The van der Waals surface area contributed by atoms with Gasteiger partial charge in [-0.3, -0.25) is 19.2 Å². The van der Waals surface area contributed by atoms with E-state index >= 15 is 0 Å². The van der Waals surface area contributed by atoms with Crippen molar-refractivity contribution in [1.29, 1.82) is 0 Å². The fraction of sp³-hybridized carbons (Fsp3) is 0.722. The van der Waals surface area contributed by atoms with E-state index in [0.717, 1.165) is 0 Å². The zero-order valence-electron chi connectivity index (χ0n) is 18.0. The molecule has 5 unspecified atom stereocenters. The summed E-state index contributed by atoms with van der Waals surface area (Å²) in [6, 6.07) is -5.45. The molecule has 0 radical (unpaired) electrons. The number of aliphatic hydroxyl groups is 2. The highest BCUT2D eigenvalue weighted by atomic mass is 16.4. The molecule has 5 atom stereocenters. The monoisotopic (exact) mass is 462 g/mol. The summed E-state index contributed by atoms with van der Waals surface area (Å²) in [5, 5.41) is 34.6. The average Bonchev–Trinajstić information content (AvgIpc) is 2.72. The summed E-state index contributed by atoms with van der Waals surface area (Å²) >= 11 is 0. The minimum atomic E-state index is -1.64. The van der Waals surface area contributed by atoms with E-state index < -0.39 is 66.5 Å². The average molecular weight is 463 g/mol. The standard InChI is InChI=1S/C18H34N6O8/c1-9(26)14(17(30)23-12(8-25)18(31)32)24-16(29)11(4-2-3-7-19)22-15(28)10(20)5-6-13(21)27/h9-12,14,25-26H,2-8,19-20H2,1H3,(H2,21,27)(H,22,28)(H,23,30)(H,24,29)(H,31,32). The molecular formula is C18H34N6O8. The Labute approximate surface area is 185 Å². The third kappa shape index (κ3) is 11.0. The van der Waals surface area contributed by atoms with Gasteiger partial charge in [-0.25, -0.2) is 4.79 Å². The van der Waals surface area contributed by atoms with Gasteiger partial charge in [0, 0.05) is 6.42 Å². The first-order valence-electron chi connectivity index (χ1n) is 10.1. The van der Waals surface area contributed by atoms with E-state index in [0.29, 0.717) is 19.4 Å². The van der Waals surface area contributed by atoms with Crippen molar-refractivity contribution in [2.75, 3.05) is 13.2 Å². The highest BCUT2D eigenvalue weighted by molar-refractivity contribution is 5.94. The van der Waals surface area contributed by atoms with Crippen molar-refractivity contribution in [3.05, 3.63) is 0 Å². The summed E-state index contributed by atoms with van der Waals surface area (Å²) in [5.41, 5.74) is 16.2. The highest BCUT2D eigenvalue weighted by Crippen LogP contribution is 2.05. The lowest BCUT2D eigenvalue weighted by Crippen LogP contribution is -2.60. The quantitative estimate of drug-likeness (QED) is 0.0994. The van der Waals surface area contributed by atoms with Gasteiger partial charge in [0.05, 0.1) is 18.8 Å². The largest absolute Gasteiger partial charge is 0.480 e. The Morgan fingerprint density at radius 3 is 1.97 bits per heavy atom. The van der Waals surface area contributed by atoms with E-state index in [1.54, 1.807) is 0 Å². The van der Waals surface area contributed by atoms with Crippen LogP contribution in [0.15, 0.2) is 0 Å². The summed E-state index contributed by atoms with van der Waals surface area (Å²) in [5.74, 6) is -4.73. The first kappa shape index (κ1) is 29.2. The van der Waals surface area contributed by atoms with Gasteiger partial charge in [-0.05, 0) is 39.2 Å².